The minimum absolute atomic E-state index is 0.385. The van der Waals surface area contributed by atoms with E-state index in [1.807, 2.05) is 10.7 Å². The Balaban J connectivity index is 1.42. The molecule has 3 aromatic rings. The third kappa shape index (κ3) is 2.33. The molecule has 0 amide bonds. The molecule has 1 N–H and O–H groups in total. The number of aliphatic hydroxyl groups is 1. The van der Waals surface area contributed by atoms with E-state index in [1.165, 1.54) is 10.4 Å². The molecule has 0 bridgehead atoms. The van der Waals surface area contributed by atoms with Crippen molar-refractivity contribution in [1.82, 2.24) is 14.8 Å². The number of aromatic nitrogens is 3. The van der Waals surface area contributed by atoms with Crippen LogP contribution >= 0.6 is 11.3 Å². The average Bonchev–Trinajstić information content (AvgIpc) is 3.19. The minimum atomic E-state index is -0.385. The third-order valence-corrected chi connectivity index (χ3v) is 5.84. The molecule has 1 fully saturated rings. The van der Waals surface area contributed by atoms with Crippen LogP contribution in [0.1, 0.15) is 30.3 Å². The van der Waals surface area contributed by atoms with Crippen LogP contribution in [0.5, 0.6) is 0 Å². The summed E-state index contributed by atoms with van der Waals surface area (Å²) in [5.74, 6) is 0.423. The molecule has 1 atom stereocenters. The van der Waals surface area contributed by atoms with Crippen LogP contribution in [0.15, 0.2) is 30.3 Å². The van der Waals surface area contributed by atoms with Crippen molar-refractivity contribution in [2.75, 3.05) is 11.4 Å². The second-order valence-electron chi connectivity index (χ2n) is 6.45. The minimum Gasteiger partial charge on any atom is -0.386 e. The molecular weight excluding hydrogens is 308 g/mol. The topological polar surface area (TPSA) is 54.2 Å². The van der Waals surface area contributed by atoms with Gasteiger partial charge in [-0.1, -0.05) is 23.5 Å². The van der Waals surface area contributed by atoms with Crippen molar-refractivity contribution in [1.29, 1.82) is 0 Å². The molecule has 5 nitrogen and oxygen atoms in total. The molecular formula is C17H18N4OS. The lowest BCUT2D eigenvalue weighted by Gasteiger charge is -2.27. The first-order valence-electron chi connectivity index (χ1n) is 8.13. The lowest BCUT2D eigenvalue weighted by atomic mass is 10.1. The van der Waals surface area contributed by atoms with E-state index in [1.54, 1.807) is 11.3 Å². The van der Waals surface area contributed by atoms with Crippen molar-refractivity contribution in [3.63, 3.8) is 0 Å². The van der Waals surface area contributed by atoms with Crippen molar-refractivity contribution in [3.8, 4) is 0 Å². The number of benzene rings is 1. The Morgan fingerprint density at radius 3 is 2.91 bits per heavy atom. The summed E-state index contributed by atoms with van der Waals surface area (Å²) >= 11 is 1.74. The van der Waals surface area contributed by atoms with Crippen LogP contribution in [0, 0.1) is 5.92 Å². The first-order chi connectivity index (χ1) is 11.3. The van der Waals surface area contributed by atoms with Crippen molar-refractivity contribution >= 4 is 26.7 Å². The highest BCUT2D eigenvalue weighted by atomic mass is 32.1. The Kier molecular flexibility index (Phi) is 2.96. The largest absolute Gasteiger partial charge is 0.386 e. The van der Waals surface area contributed by atoms with Crippen LogP contribution < -0.4 is 4.90 Å². The van der Waals surface area contributed by atoms with Crippen molar-refractivity contribution in [2.45, 2.75) is 32.0 Å². The molecule has 3 heterocycles. The number of thiazole rings is 1. The van der Waals surface area contributed by atoms with Crippen molar-refractivity contribution < 1.29 is 5.11 Å². The Morgan fingerprint density at radius 1 is 1.22 bits per heavy atom. The van der Waals surface area contributed by atoms with Gasteiger partial charge in [0.2, 0.25) is 0 Å². The van der Waals surface area contributed by atoms with Gasteiger partial charge in [-0.25, -0.2) is 4.98 Å². The molecule has 2 aliphatic rings. The molecule has 1 aliphatic carbocycles. The lowest BCUT2D eigenvalue weighted by Crippen LogP contribution is -2.33. The van der Waals surface area contributed by atoms with Crippen LogP contribution in [0.2, 0.25) is 0 Å². The summed E-state index contributed by atoms with van der Waals surface area (Å²) in [6.45, 7) is 2.57. The van der Waals surface area contributed by atoms with Crippen LogP contribution in [-0.2, 0) is 13.1 Å². The second-order valence-corrected chi connectivity index (χ2v) is 7.46. The van der Waals surface area contributed by atoms with Gasteiger partial charge in [0.1, 0.15) is 6.10 Å². The van der Waals surface area contributed by atoms with Gasteiger partial charge >= 0.3 is 0 Å². The highest BCUT2D eigenvalue weighted by Crippen LogP contribution is 2.41. The maximum atomic E-state index is 10.3. The number of nitrogens with zero attached hydrogens (tertiary/aromatic N) is 4. The molecule has 5 rings (SSSR count). The number of fused-ring (bicyclic) bond motifs is 2. The highest BCUT2D eigenvalue weighted by Gasteiger charge is 2.33. The Labute approximate surface area is 138 Å². The fraction of sp³-hybridized carbons (Fsp3) is 0.412. The van der Waals surface area contributed by atoms with Crippen LogP contribution in [-0.4, -0.2) is 26.4 Å². The third-order valence-electron chi connectivity index (χ3n) is 4.74. The quantitative estimate of drug-likeness (QED) is 0.804. The van der Waals surface area contributed by atoms with Crippen molar-refractivity contribution in [3.05, 3.63) is 41.7 Å². The SMILES string of the molecule is O[C@H](c1cc2n(n1)CCN(c1nc3ccccc3s1)C2)C1CC1. The summed E-state index contributed by atoms with van der Waals surface area (Å²) in [5, 5.41) is 16.0. The van der Waals surface area contributed by atoms with E-state index in [2.05, 4.69) is 34.3 Å². The summed E-state index contributed by atoms with van der Waals surface area (Å²) < 4.78 is 3.27. The fourth-order valence-corrected chi connectivity index (χ4v) is 4.24. The van der Waals surface area contributed by atoms with Gasteiger partial charge in [0.25, 0.3) is 0 Å². The summed E-state index contributed by atoms with van der Waals surface area (Å²) in [5.41, 5.74) is 3.08. The van der Waals surface area contributed by atoms with Gasteiger partial charge in [-0.05, 0) is 37.0 Å². The number of aliphatic hydroxyl groups excluding tert-OH is 1. The zero-order chi connectivity index (χ0) is 15.4. The summed E-state index contributed by atoms with van der Waals surface area (Å²) in [7, 11) is 0. The number of rotatable bonds is 3. The van der Waals surface area contributed by atoms with Gasteiger partial charge in [-0.15, -0.1) is 0 Å². The zero-order valence-corrected chi connectivity index (χ0v) is 13.5. The maximum absolute atomic E-state index is 10.3. The highest BCUT2D eigenvalue weighted by molar-refractivity contribution is 7.22. The molecule has 0 spiro atoms. The Morgan fingerprint density at radius 2 is 2.09 bits per heavy atom. The molecule has 6 heteroatoms. The van der Waals surface area contributed by atoms with E-state index < -0.39 is 0 Å². The second kappa shape index (κ2) is 5.04. The van der Waals surface area contributed by atoms with E-state index in [4.69, 9.17) is 4.98 Å². The van der Waals surface area contributed by atoms with Gasteiger partial charge in [-0.2, -0.15) is 5.10 Å². The molecule has 23 heavy (non-hydrogen) atoms. The molecule has 1 aromatic carbocycles. The lowest BCUT2D eigenvalue weighted by molar-refractivity contribution is 0.148. The van der Waals surface area contributed by atoms with E-state index in [9.17, 15) is 5.11 Å². The first-order valence-corrected chi connectivity index (χ1v) is 8.95. The fourth-order valence-electron chi connectivity index (χ4n) is 3.25. The normalized spacial score (nSPS) is 19.1. The first kappa shape index (κ1) is 13.5. The average molecular weight is 326 g/mol. The maximum Gasteiger partial charge on any atom is 0.186 e. The van der Waals surface area contributed by atoms with Crippen LogP contribution in [0.3, 0.4) is 0 Å². The van der Waals surface area contributed by atoms with E-state index in [-0.39, 0.29) is 6.10 Å². The number of hydrogen-bond acceptors (Lipinski definition) is 5. The number of anilines is 1. The van der Waals surface area contributed by atoms with Gasteiger partial charge in [0.15, 0.2) is 5.13 Å². The van der Waals surface area contributed by atoms with Crippen molar-refractivity contribution in [2.24, 2.45) is 5.92 Å². The molecule has 0 unspecified atom stereocenters. The monoisotopic (exact) mass is 326 g/mol. The molecule has 2 aromatic heterocycles. The van der Waals surface area contributed by atoms with Gasteiger partial charge < -0.3 is 10.0 Å². The molecule has 1 saturated carbocycles. The zero-order valence-electron chi connectivity index (χ0n) is 12.7. The van der Waals surface area contributed by atoms with E-state index in [0.29, 0.717) is 5.92 Å². The van der Waals surface area contributed by atoms with Crippen LogP contribution in [0.25, 0.3) is 10.2 Å². The van der Waals surface area contributed by atoms with E-state index in [0.717, 1.165) is 48.8 Å². The predicted molar refractivity (Wildman–Crippen MR) is 90.6 cm³/mol. The molecule has 1 aliphatic heterocycles. The predicted octanol–water partition coefficient (Wildman–Crippen LogP) is 2.96. The van der Waals surface area contributed by atoms with Gasteiger partial charge in [0, 0.05) is 6.54 Å². The summed E-state index contributed by atoms with van der Waals surface area (Å²) in [6, 6.07) is 10.3. The molecule has 0 radical (unpaired) electrons. The van der Waals surface area contributed by atoms with Gasteiger partial charge in [0.05, 0.1) is 34.7 Å². The summed E-state index contributed by atoms with van der Waals surface area (Å²) in [6.07, 6.45) is 1.87. The standard InChI is InChI=1S/C17H18N4OS/c22-16(11-5-6-11)14-9-12-10-20(7-8-21(12)19-14)17-18-13-3-1-2-4-15(13)23-17/h1-4,9,11,16,22H,5-8,10H2/t16-/m0/s1. The molecule has 0 saturated heterocycles. The van der Waals surface area contributed by atoms with Crippen LogP contribution in [0.4, 0.5) is 5.13 Å². The Bertz CT molecular complexity index is 833. The summed E-state index contributed by atoms with van der Waals surface area (Å²) in [4.78, 5) is 7.07. The smallest absolute Gasteiger partial charge is 0.186 e. The van der Waals surface area contributed by atoms with Gasteiger partial charge in [-0.3, -0.25) is 4.68 Å². The van der Waals surface area contributed by atoms with E-state index >= 15 is 0 Å². The Hall–Kier alpha value is -1.92. The molecule has 118 valence electrons. The number of para-hydroxylation sites is 1. The number of hydrogen-bond donors (Lipinski definition) is 1.